The molecule has 0 bridgehead atoms. The fourth-order valence-electron chi connectivity index (χ4n) is 4.27. The summed E-state index contributed by atoms with van der Waals surface area (Å²) in [7, 11) is 0. The molecule has 2 aliphatic carbocycles. The number of ketones is 1. The lowest BCUT2D eigenvalue weighted by atomic mass is 9.95. The molecule has 24 heavy (non-hydrogen) atoms. The number of fused-ring (bicyclic) bond motifs is 2. The van der Waals surface area contributed by atoms with Crippen LogP contribution in [0.25, 0.3) is 11.0 Å². The number of hydrogen-bond acceptors (Lipinski definition) is 4. The van der Waals surface area contributed by atoms with Crippen molar-refractivity contribution in [1.82, 2.24) is 19.7 Å². The van der Waals surface area contributed by atoms with Gasteiger partial charge in [0.1, 0.15) is 6.33 Å². The van der Waals surface area contributed by atoms with E-state index in [2.05, 4.69) is 15.1 Å². The fourth-order valence-corrected chi connectivity index (χ4v) is 4.27. The molecule has 1 saturated carbocycles. The second-order valence-corrected chi connectivity index (χ2v) is 6.80. The Bertz CT molecular complexity index is 939. The van der Waals surface area contributed by atoms with E-state index in [1.165, 1.54) is 12.8 Å². The van der Waals surface area contributed by atoms with Crippen LogP contribution in [0.5, 0.6) is 0 Å². The maximum atomic E-state index is 12.7. The van der Waals surface area contributed by atoms with Crippen molar-refractivity contribution in [3.8, 4) is 0 Å². The SMILES string of the molecule is O=C1Cc2ccccc2C1c1ncnc2c1cnn2C1CCCC1. The summed E-state index contributed by atoms with van der Waals surface area (Å²) in [4.78, 5) is 21.6. The van der Waals surface area contributed by atoms with Crippen LogP contribution in [-0.2, 0) is 11.2 Å². The van der Waals surface area contributed by atoms with Crippen molar-refractivity contribution in [2.75, 3.05) is 0 Å². The van der Waals surface area contributed by atoms with E-state index in [0.29, 0.717) is 12.5 Å². The zero-order chi connectivity index (χ0) is 16.1. The topological polar surface area (TPSA) is 60.7 Å². The summed E-state index contributed by atoms with van der Waals surface area (Å²) in [5.41, 5.74) is 3.86. The van der Waals surface area contributed by atoms with Crippen LogP contribution in [-0.4, -0.2) is 25.5 Å². The zero-order valence-electron chi connectivity index (χ0n) is 13.4. The average Bonchev–Trinajstić information content (AvgIpc) is 3.31. The summed E-state index contributed by atoms with van der Waals surface area (Å²) >= 11 is 0. The Morgan fingerprint density at radius 2 is 1.92 bits per heavy atom. The van der Waals surface area contributed by atoms with Gasteiger partial charge in [-0.3, -0.25) is 4.79 Å². The number of carbonyl (C=O) groups is 1. The van der Waals surface area contributed by atoms with Crippen molar-refractivity contribution in [2.45, 2.75) is 44.1 Å². The molecule has 0 aliphatic heterocycles. The Labute approximate surface area is 139 Å². The predicted molar refractivity (Wildman–Crippen MR) is 89.8 cm³/mol. The average molecular weight is 318 g/mol. The number of carbonyl (C=O) groups excluding carboxylic acids is 1. The van der Waals surface area contributed by atoms with Crippen molar-refractivity contribution in [3.63, 3.8) is 0 Å². The van der Waals surface area contributed by atoms with Crippen molar-refractivity contribution in [1.29, 1.82) is 0 Å². The third-order valence-electron chi connectivity index (χ3n) is 5.42. The lowest BCUT2D eigenvalue weighted by Crippen LogP contribution is -2.11. The van der Waals surface area contributed by atoms with Crippen LogP contribution in [0, 0.1) is 0 Å². The van der Waals surface area contributed by atoms with Crippen LogP contribution in [0.4, 0.5) is 0 Å². The molecule has 5 heteroatoms. The summed E-state index contributed by atoms with van der Waals surface area (Å²) in [6.45, 7) is 0. The van der Waals surface area contributed by atoms with Crippen molar-refractivity contribution < 1.29 is 4.79 Å². The molecule has 5 rings (SSSR count). The first-order valence-corrected chi connectivity index (χ1v) is 8.61. The highest BCUT2D eigenvalue weighted by Gasteiger charge is 2.34. The number of rotatable bonds is 2. The molecule has 2 aromatic heterocycles. The Balaban J connectivity index is 1.67. The first-order chi connectivity index (χ1) is 11.8. The molecule has 1 unspecified atom stereocenters. The molecule has 0 amide bonds. The van der Waals surface area contributed by atoms with Gasteiger partial charge in [-0.05, 0) is 24.0 Å². The Hall–Kier alpha value is -2.56. The third-order valence-corrected chi connectivity index (χ3v) is 5.42. The lowest BCUT2D eigenvalue weighted by molar-refractivity contribution is -0.118. The molecule has 0 spiro atoms. The Morgan fingerprint density at radius 3 is 2.79 bits per heavy atom. The summed E-state index contributed by atoms with van der Waals surface area (Å²) in [6, 6.07) is 8.48. The molecule has 5 nitrogen and oxygen atoms in total. The standard InChI is InChI=1S/C19H18N4O/c24-16-9-12-5-1-4-8-14(12)17(16)18-15-10-22-23(13-6-2-3-7-13)19(15)21-11-20-18/h1,4-5,8,10-11,13,17H,2-3,6-7,9H2. The van der Waals surface area contributed by atoms with Crippen LogP contribution in [0.15, 0.2) is 36.8 Å². The molecule has 3 aromatic rings. The molecule has 1 atom stereocenters. The maximum Gasteiger partial charge on any atom is 0.161 e. The number of benzene rings is 1. The number of aromatic nitrogens is 4. The zero-order valence-corrected chi connectivity index (χ0v) is 13.4. The first kappa shape index (κ1) is 13.8. The number of hydrogen-bond donors (Lipinski definition) is 0. The van der Waals surface area contributed by atoms with E-state index in [1.54, 1.807) is 6.33 Å². The van der Waals surface area contributed by atoms with Gasteiger partial charge in [0.2, 0.25) is 0 Å². The minimum atomic E-state index is -0.284. The van der Waals surface area contributed by atoms with Crippen molar-refractivity contribution in [3.05, 3.63) is 53.6 Å². The molecular weight excluding hydrogens is 300 g/mol. The van der Waals surface area contributed by atoms with Crippen LogP contribution in [0.1, 0.15) is 54.5 Å². The quantitative estimate of drug-likeness (QED) is 0.728. The highest BCUT2D eigenvalue weighted by Crippen LogP contribution is 2.38. The first-order valence-electron chi connectivity index (χ1n) is 8.61. The molecule has 0 saturated heterocycles. The summed E-state index contributed by atoms with van der Waals surface area (Å²) in [6.07, 6.45) is 8.72. The van der Waals surface area contributed by atoms with Gasteiger partial charge in [-0.15, -0.1) is 0 Å². The molecule has 1 aromatic carbocycles. The van der Waals surface area contributed by atoms with Gasteiger partial charge < -0.3 is 0 Å². The van der Waals surface area contributed by atoms with E-state index in [4.69, 9.17) is 0 Å². The second kappa shape index (κ2) is 5.23. The smallest absolute Gasteiger partial charge is 0.161 e. The summed E-state index contributed by atoms with van der Waals surface area (Å²) < 4.78 is 2.04. The number of nitrogens with zero attached hydrogens (tertiary/aromatic N) is 4. The summed E-state index contributed by atoms with van der Waals surface area (Å²) in [5, 5.41) is 5.51. The Kier molecular flexibility index (Phi) is 3.01. The normalized spacial score (nSPS) is 20.8. The molecule has 1 fully saturated rings. The van der Waals surface area contributed by atoms with Gasteiger partial charge in [0.15, 0.2) is 11.4 Å². The van der Waals surface area contributed by atoms with E-state index in [9.17, 15) is 4.79 Å². The van der Waals surface area contributed by atoms with E-state index in [-0.39, 0.29) is 11.7 Å². The van der Waals surface area contributed by atoms with Crippen LogP contribution >= 0.6 is 0 Å². The van der Waals surface area contributed by atoms with E-state index >= 15 is 0 Å². The fraction of sp³-hybridized carbons (Fsp3) is 0.368. The van der Waals surface area contributed by atoms with Crippen LogP contribution in [0.2, 0.25) is 0 Å². The molecule has 120 valence electrons. The molecule has 0 radical (unpaired) electrons. The molecule has 0 N–H and O–H groups in total. The van der Waals surface area contributed by atoms with Gasteiger partial charge in [-0.1, -0.05) is 37.1 Å². The second-order valence-electron chi connectivity index (χ2n) is 6.80. The van der Waals surface area contributed by atoms with Gasteiger partial charge >= 0.3 is 0 Å². The van der Waals surface area contributed by atoms with Crippen molar-refractivity contribution in [2.24, 2.45) is 0 Å². The van der Waals surface area contributed by atoms with Crippen LogP contribution in [0.3, 0.4) is 0 Å². The van der Waals surface area contributed by atoms with Gasteiger partial charge in [0.05, 0.1) is 29.2 Å². The monoisotopic (exact) mass is 318 g/mol. The Morgan fingerprint density at radius 1 is 1.08 bits per heavy atom. The van der Waals surface area contributed by atoms with Gasteiger partial charge in [-0.25, -0.2) is 14.6 Å². The van der Waals surface area contributed by atoms with Gasteiger partial charge in [0.25, 0.3) is 0 Å². The van der Waals surface area contributed by atoms with Crippen LogP contribution < -0.4 is 0 Å². The van der Waals surface area contributed by atoms with E-state index < -0.39 is 0 Å². The maximum absolute atomic E-state index is 12.7. The predicted octanol–water partition coefficient (Wildman–Crippen LogP) is 3.20. The van der Waals surface area contributed by atoms with Crippen molar-refractivity contribution >= 4 is 16.8 Å². The lowest BCUT2D eigenvalue weighted by Gasteiger charge is -2.13. The molecule has 2 heterocycles. The molecular formula is C19H18N4O. The highest BCUT2D eigenvalue weighted by atomic mass is 16.1. The minimum Gasteiger partial charge on any atom is -0.298 e. The van der Waals surface area contributed by atoms with E-state index in [0.717, 1.165) is 40.7 Å². The van der Waals surface area contributed by atoms with Gasteiger partial charge in [0, 0.05) is 6.42 Å². The largest absolute Gasteiger partial charge is 0.298 e. The third kappa shape index (κ3) is 1.94. The molecule has 2 aliphatic rings. The van der Waals surface area contributed by atoms with Gasteiger partial charge in [-0.2, -0.15) is 5.10 Å². The van der Waals surface area contributed by atoms with E-state index in [1.807, 2.05) is 35.1 Å². The number of Topliss-reactive ketones (excluding diaryl/α,β-unsaturated/α-hetero) is 1. The summed E-state index contributed by atoms with van der Waals surface area (Å²) in [5.74, 6) is -0.0715. The highest BCUT2D eigenvalue weighted by molar-refractivity contribution is 5.98. The minimum absolute atomic E-state index is 0.213.